The van der Waals surface area contributed by atoms with Crippen molar-refractivity contribution in [3.63, 3.8) is 0 Å². The van der Waals surface area contributed by atoms with Crippen LogP contribution in [0.15, 0.2) is 94.4 Å². The predicted octanol–water partition coefficient (Wildman–Crippen LogP) is 6.20. The van der Waals surface area contributed by atoms with Crippen LogP contribution in [0.2, 0.25) is 0 Å². The van der Waals surface area contributed by atoms with Crippen molar-refractivity contribution in [2.75, 3.05) is 16.8 Å². The predicted molar refractivity (Wildman–Crippen MR) is 143 cm³/mol. The molecule has 2 amide bonds. The molecule has 0 spiro atoms. The molecule has 0 aliphatic carbocycles. The SMILES string of the molecule is CCCCc1ccc(N2C(=O)C(Nc3cccc(C(=O)OCC)c3)=C(Sc3ccccc3)C2=O)cc1. The monoisotopic (exact) mass is 500 g/mol. The molecule has 184 valence electrons. The van der Waals surface area contributed by atoms with Crippen LogP contribution in [-0.2, 0) is 20.7 Å². The Hall–Kier alpha value is -3.84. The molecule has 3 aromatic rings. The Kier molecular flexibility index (Phi) is 8.23. The van der Waals surface area contributed by atoms with Gasteiger partial charge >= 0.3 is 5.97 Å². The van der Waals surface area contributed by atoms with E-state index in [0.717, 1.165) is 24.2 Å². The van der Waals surface area contributed by atoms with E-state index in [0.29, 0.717) is 21.8 Å². The molecule has 0 saturated carbocycles. The van der Waals surface area contributed by atoms with Crippen LogP contribution in [0.1, 0.15) is 42.6 Å². The van der Waals surface area contributed by atoms with Crippen LogP contribution in [-0.4, -0.2) is 24.4 Å². The lowest BCUT2D eigenvalue weighted by Gasteiger charge is -2.16. The number of nitrogens with one attached hydrogen (secondary N) is 1. The van der Waals surface area contributed by atoms with Gasteiger partial charge < -0.3 is 10.1 Å². The number of anilines is 2. The molecule has 4 rings (SSSR count). The smallest absolute Gasteiger partial charge is 0.338 e. The van der Waals surface area contributed by atoms with E-state index in [1.165, 1.54) is 22.2 Å². The number of amides is 2. The van der Waals surface area contributed by atoms with Crippen molar-refractivity contribution in [3.8, 4) is 0 Å². The van der Waals surface area contributed by atoms with Crippen LogP contribution in [0.3, 0.4) is 0 Å². The fourth-order valence-corrected chi connectivity index (χ4v) is 4.78. The molecule has 1 aliphatic rings. The summed E-state index contributed by atoms with van der Waals surface area (Å²) in [6.07, 6.45) is 3.14. The molecule has 36 heavy (non-hydrogen) atoms. The van der Waals surface area contributed by atoms with Crippen LogP contribution in [0.25, 0.3) is 0 Å². The second-order valence-corrected chi connectivity index (χ2v) is 9.35. The van der Waals surface area contributed by atoms with E-state index in [-0.39, 0.29) is 18.2 Å². The van der Waals surface area contributed by atoms with E-state index in [9.17, 15) is 14.4 Å². The minimum atomic E-state index is -0.451. The van der Waals surface area contributed by atoms with Crippen LogP contribution < -0.4 is 10.2 Å². The molecule has 7 heteroatoms. The summed E-state index contributed by atoms with van der Waals surface area (Å²) in [7, 11) is 0. The zero-order valence-electron chi connectivity index (χ0n) is 20.3. The quantitative estimate of drug-likeness (QED) is 0.264. The lowest BCUT2D eigenvalue weighted by atomic mass is 10.1. The highest BCUT2D eigenvalue weighted by Gasteiger charge is 2.40. The summed E-state index contributed by atoms with van der Waals surface area (Å²) in [5.41, 5.74) is 2.73. The minimum Gasteiger partial charge on any atom is -0.462 e. The third-order valence-corrected chi connectivity index (χ3v) is 6.75. The molecule has 1 N–H and O–H groups in total. The van der Waals surface area contributed by atoms with Crippen LogP contribution in [0, 0.1) is 0 Å². The van der Waals surface area contributed by atoms with E-state index in [4.69, 9.17) is 4.74 Å². The first-order chi connectivity index (χ1) is 17.5. The average Bonchev–Trinajstić information content (AvgIpc) is 3.12. The number of unbranched alkanes of at least 4 members (excludes halogenated alkanes) is 1. The normalized spacial score (nSPS) is 13.3. The number of imide groups is 1. The number of thioether (sulfide) groups is 1. The number of nitrogens with zero attached hydrogens (tertiary/aromatic N) is 1. The Morgan fingerprint density at radius 3 is 2.36 bits per heavy atom. The van der Waals surface area contributed by atoms with E-state index >= 15 is 0 Å². The summed E-state index contributed by atoms with van der Waals surface area (Å²) in [6.45, 7) is 4.15. The number of ether oxygens (including phenoxy) is 1. The minimum absolute atomic E-state index is 0.171. The molecule has 3 aromatic carbocycles. The summed E-state index contributed by atoms with van der Waals surface area (Å²) in [5, 5.41) is 3.11. The molecular formula is C29H28N2O4S. The summed E-state index contributed by atoms with van der Waals surface area (Å²) >= 11 is 1.24. The second kappa shape index (κ2) is 11.7. The molecular weight excluding hydrogens is 472 g/mol. The second-order valence-electron chi connectivity index (χ2n) is 8.26. The highest BCUT2D eigenvalue weighted by atomic mass is 32.2. The Balaban J connectivity index is 1.66. The van der Waals surface area contributed by atoms with E-state index < -0.39 is 11.9 Å². The highest BCUT2D eigenvalue weighted by molar-refractivity contribution is 8.04. The van der Waals surface area contributed by atoms with E-state index in [1.807, 2.05) is 54.6 Å². The summed E-state index contributed by atoms with van der Waals surface area (Å²) in [6, 6.07) is 23.7. The van der Waals surface area contributed by atoms with Gasteiger partial charge in [0.25, 0.3) is 11.8 Å². The Labute approximate surface area is 215 Å². The third kappa shape index (κ3) is 5.69. The average molecular weight is 501 g/mol. The maximum absolute atomic E-state index is 13.6. The molecule has 0 aromatic heterocycles. The standard InChI is InChI=1S/C29H28N2O4S/c1-3-5-10-20-15-17-23(18-16-20)31-27(32)25(26(28(31)33)36-24-13-7-6-8-14-24)30-22-12-9-11-21(19-22)29(34)35-4-2/h6-9,11-19,30H,3-5,10H2,1-2H3. The first-order valence-corrected chi connectivity index (χ1v) is 12.8. The van der Waals surface area contributed by atoms with Crippen molar-refractivity contribution in [3.05, 3.63) is 101 Å². The molecule has 0 bridgehead atoms. The van der Waals surface area contributed by atoms with Gasteiger partial charge in [-0.25, -0.2) is 9.69 Å². The lowest BCUT2D eigenvalue weighted by molar-refractivity contribution is -0.120. The van der Waals surface area contributed by atoms with E-state index in [2.05, 4.69) is 12.2 Å². The topological polar surface area (TPSA) is 75.7 Å². The molecule has 1 heterocycles. The molecule has 6 nitrogen and oxygen atoms in total. The Bertz CT molecular complexity index is 1290. The molecule has 0 atom stereocenters. The Morgan fingerprint density at radius 2 is 1.67 bits per heavy atom. The maximum atomic E-state index is 13.6. The van der Waals surface area contributed by atoms with Gasteiger partial charge in [0, 0.05) is 10.6 Å². The zero-order chi connectivity index (χ0) is 25.5. The lowest BCUT2D eigenvalue weighted by Crippen LogP contribution is -2.32. The number of rotatable bonds is 10. The number of carbonyl (C=O) groups is 3. The number of aryl methyl sites for hydroxylation is 1. The number of hydrogen-bond donors (Lipinski definition) is 1. The first-order valence-electron chi connectivity index (χ1n) is 12.0. The number of hydrogen-bond acceptors (Lipinski definition) is 6. The van der Waals surface area contributed by atoms with Crippen LogP contribution in [0.4, 0.5) is 11.4 Å². The molecule has 0 unspecified atom stereocenters. The largest absolute Gasteiger partial charge is 0.462 e. The summed E-state index contributed by atoms with van der Waals surface area (Å²) < 4.78 is 5.09. The summed E-state index contributed by atoms with van der Waals surface area (Å²) in [5.74, 6) is -1.28. The first kappa shape index (κ1) is 25.3. The van der Waals surface area contributed by atoms with Gasteiger partial charge in [-0.3, -0.25) is 9.59 Å². The van der Waals surface area contributed by atoms with Gasteiger partial charge in [0.1, 0.15) is 10.6 Å². The van der Waals surface area contributed by atoms with Crippen molar-refractivity contribution in [2.45, 2.75) is 38.0 Å². The molecule has 0 radical (unpaired) electrons. The number of esters is 1. The van der Waals surface area contributed by atoms with Crippen molar-refractivity contribution >= 4 is 40.9 Å². The van der Waals surface area contributed by atoms with E-state index in [1.54, 1.807) is 31.2 Å². The Morgan fingerprint density at radius 1 is 0.917 bits per heavy atom. The van der Waals surface area contributed by atoms with Crippen LogP contribution >= 0.6 is 11.8 Å². The van der Waals surface area contributed by atoms with Gasteiger partial charge in [0.15, 0.2) is 0 Å². The zero-order valence-corrected chi connectivity index (χ0v) is 21.1. The van der Waals surface area contributed by atoms with Gasteiger partial charge in [-0.1, -0.05) is 61.5 Å². The van der Waals surface area contributed by atoms with Crippen molar-refractivity contribution in [1.29, 1.82) is 0 Å². The number of carbonyl (C=O) groups excluding carboxylic acids is 3. The van der Waals surface area contributed by atoms with Gasteiger partial charge in [-0.05, 0) is 67.8 Å². The third-order valence-electron chi connectivity index (χ3n) is 5.66. The molecule has 1 aliphatic heterocycles. The fraction of sp³-hybridized carbons (Fsp3) is 0.207. The number of benzene rings is 3. The van der Waals surface area contributed by atoms with Crippen LogP contribution in [0.5, 0.6) is 0 Å². The van der Waals surface area contributed by atoms with Gasteiger partial charge in [-0.15, -0.1) is 0 Å². The van der Waals surface area contributed by atoms with Gasteiger partial charge in [-0.2, -0.15) is 0 Å². The fourth-order valence-electron chi connectivity index (χ4n) is 3.83. The highest BCUT2D eigenvalue weighted by Crippen LogP contribution is 2.38. The van der Waals surface area contributed by atoms with Gasteiger partial charge in [0.2, 0.25) is 0 Å². The summed E-state index contributed by atoms with van der Waals surface area (Å²) in [4.78, 5) is 41.7. The van der Waals surface area contributed by atoms with Crippen molar-refractivity contribution in [1.82, 2.24) is 0 Å². The molecule has 0 fully saturated rings. The van der Waals surface area contributed by atoms with Crippen molar-refractivity contribution in [2.24, 2.45) is 0 Å². The van der Waals surface area contributed by atoms with Crippen molar-refractivity contribution < 1.29 is 19.1 Å². The molecule has 0 saturated heterocycles. The maximum Gasteiger partial charge on any atom is 0.338 e. The van der Waals surface area contributed by atoms with Gasteiger partial charge in [0.05, 0.1) is 17.9 Å².